The van der Waals surface area contributed by atoms with Crippen molar-refractivity contribution in [3.63, 3.8) is 0 Å². The Morgan fingerprint density at radius 3 is 2.30 bits per heavy atom. The maximum Gasteiger partial charge on any atom is 0.217 e. The molecule has 0 atom stereocenters. The zero-order chi connectivity index (χ0) is 21.1. The van der Waals surface area contributed by atoms with Crippen molar-refractivity contribution < 1.29 is 4.79 Å². The molecule has 6 nitrogen and oxygen atoms in total. The van der Waals surface area contributed by atoms with Crippen LogP contribution in [-0.4, -0.2) is 51.6 Å². The lowest BCUT2D eigenvalue weighted by Crippen LogP contribution is -2.47. The van der Waals surface area contributed by atoms with Crippen LogP contribution >= 0.6 is 12.2 Å². The summed E-state index contributed by atoms with van der Waals surface area (Å²) in [7, 11) is 0. The van der Waals surface area contributed by atoms with Gasteiger partial charge in [-0.15, -0.1) is 0 Å². The first-order chi connectivity index (χ1) is 14.5. The third-order valence-corrected chi connectivity index (χ3v) is 5.98. The largest absolute Gasteiger partial charge is 0.369 e. The van der Waals surface area contributed by atoms with Gasteiger partial charge >= 0.3 is 0 Å². The number of anilines is 1. The Kier molecular flexibility index (Phi) is 6.11. The maximum absolute atomic E-state index is 11.5. The molecule has 4 rings (SSSR count). The third-order valence-electron chi connectivity index (χ3n) is 5.67. The fourth-order valence-electron chi connectivity index (χ4n) is 3.73. The van der Waals surface area contributed by atoms with Gasteiger partial charge in [-0.25, -0.2) is 4.68 Å². The Bertz CT molecular complexity index is 1060. The highest BCUT2D eigenvalue weighted by Gasteiger charge is 2.18. The van der Waals surface area contributed by atoms with E-state index in [0.717, 1.165) is 55.2 Å². The van der Waals surface area contributed by atoms with Gasteiger partial charge in [-0.2, -0.15) is 4.98 Å². The second-order valence-electron chi connectivity index (χ2n) is 7.68. The number of aryl methyl sites for hydroxylation is 1. The van der Waals surface area contributed by atoms with Gasteiger partial charge in [-0.1, -0.05) is 31.2 Å². The molecule has 30 heavy (non-hydrogen) atoms. The Hall–Kier alpha value is -2.77. The molecule has 156 valence electrons. The molecule has 1 aromatic heterocycles. The zero-order valence-corrected chi connectivity index (χ0v) is 18.3. The number of H-pyrrole nitrogens is 1. The lowest BCUT2D eigenvalue weighted by atomic mass is 10.1. The first-order valence-corrected chi connectivity index (χ1v) is 10.8. The number of hydrogen-bond acceptors (Lipinski definition) is 5. The molecule has 3 aromatic rings. The molecule has 1 fully saturated rings. The number of piperazine rings is 1. The molecule has 0 amide bonds. The average Bonchev–Trinajstić information content (AvgIpc) is 3.14. The van der Waals surface area contributed by atoms with Crippen molar-refractivity contribution >= 4 is 23.7 Å². The minimum Gasteiger partial charge on any atom is -0.369 e. The van der Waals surface area contributed by atoms with Crippen LogP contribution in [0.4, 0.5) is 5.69 Å². The van der Waals surface area contributed by atoms with Gasteiger partial charge in [0.2, 0.25) is 4.77 Å². The van der Waals surface area contributed by atoms with Crippen molar-refractivity contribution in [3.05, 3.63) is 64.4 Å². The molecule has 1 saturated heterocycles. The molecule has 2 heterocycles. The van der Waals surface area contributed by atoms with Crippen molar-refractivity contribution in [2.45, 2.75) is 26.9 Å². The summed E-state index contributed by atoms with van der Waals surface area (Å²) in [6.45, 7) is 8.21. The lowest BCUT2D eigenvalue weighted by Gasteiger charge is -2.36. The molecule has 1 N–H and O–H groups in total. The van der Waals surface area contributed by atoms with Crippen molar-refractivity contribution in [3.8, 4) is 11.4 Å². The van der Waals surface area contributed by atoms with Crippen molar-refractivity contribution in [2.75, 3.05) is 31.1 Å². The highest BCUT2D eigenvalue weighted by atomic mass is 32.1. The van der Waals surface area contributed by atoms with E-state index in [1.165, 1.54) is 5.56 Å². The number of benzene rings is 2. The Morgan fingerprint density at radius 2 is 1.70 bits per heavy atom. The van der Waals surface area contributed by atoms with Gasteiger partial charge < -0.3 is 4.90 Å². The molecular formula is C23H27N5OS. The molecule has 2 aromatic carbocycles. The minimum absolute atomic E-state index is 0.100. The molecule has 0 aliphatic carbocycles. The molecule has 0 spiro atoms. The van der Waals surface area contributed by atoms with Gasteiger partial charge in [0.1, 0.15) is 0 Å². The van der Waals surface area contributed by atoms with Crippen LogP contribution < -0.4 is 4.90 Å². The molecule has 0 saturated carbocycles. The average molecular weight is 422 g/mol. The monoisotopic (exact) mass is 421 g/mol. The standard InChI is InChI=1S/C23H27N5OS/c1-3-18-4-6-20(7-5-18)22-24-23(30)28(25-22)16-26-12-14-27(15-13-26)21-10-8-19(9-11-21)17(2)29/h4-11H,3,12-16H2,1-2H3,(H,24,25,30). The summed E-state index contributed by atoms with van der Waals surface area (Å²) in [5, 5.41) is 3.36. The van der Waals surface area contributed by atoms with Gasteiger partial charge in [0.05, 0.1) is 6.67 Å². The van der Waals surface area contributed by atoms with Crippen molar-refractivity contribution in [1.29, 1.82) is 0 Å². The van der Waals surface area contributed by atoms with Crippen LogP contribution in [0.3, 0.4) is 0 Å². The molecule has 0 radical (unpaired) electrons. The van der Waals surface area contributed by atoms with Gasteiger partial charge in [-0.3, -0.25) is 14.8 Å². The highest BCUT2D eigenvalue weighted by Crippen LogP contribution is 2.19. The second-order valence-corrected chi connectivity index (χ2v) is 8.05. The Morgan fingerprint density at radius 1 is 1.03 bits per heavy atom. The van der Waals surface area contributed by atoms with Gasteiger partial charge in [0.25, 0.3) is 0 Å². The smallest absolute Gasteiger partial charge is 0.217 e. The van der Waals surface area contributed by atoms with Crippen LogP contribution in [0.5, 0.6) is 0 Å². The fraction of sp³-hybridized carbons (Fsp3) is 0.348. The first kappa shape index (κ1) is 20.5. The van der Waals surface area contributed by atoms with E-state index in [1.54, 1.807) is 6.92 Å². The number of nitrogens with one attached hydrogen (secondary N) is 1. The van der Waals surface area contributed by atoms with E-state index in [0.29, 0.717) is 11.4 Å². The highest BCUT2D eigenvalue weighted by molar-refractivity contribution is 7.71. The van der Waals surface area contributed by atoms with E-state index in [4.69, 9.17) is 12.2 Å². The summed E-state index contributed by atoms with van der Waals surface area (Å²) in [5.74, 6) is 0.912. The number of aromatic amines is 1. The summed E-state index contributed by atoms with van der Waals surface area (Å²) in [6, 6.07) is 16.3. The fourth-order valence-corrected chi connectivity index (χ4v) is 3.93. The molecule has 0 unspecified atom stereocenters. The van der Waals surface area contributed by atoms with Crippen LogP contribution in [0.1, 0.15) is 29.8 Å². The molecular weight excluding hydrogens is 394 g/mol. The number of aromatic nitrogens is 3. The van der Waals surface area contributed by atoms with E-state index in [-0.39, 0.29) is 5.78 Å². The number of Topliss-reactive ketones (excluding diaryl/α,β-unsaturated/α-hetero) is 1. The minimum atomic E-state index is 0.100. The summed E-state index contributed by atoms with van der Waals surface area (Å²) >= 11 is 5.48. The number of nitrogens with zero attached hydrogens (tertiary/aromatic N) is 4. The van der Waals surface area contributed by atoms with E-state index in [2.05, 4.69) is 51.1 Å². The van der Waals surface area contributed by atoms with Gasteiger partial charge in [0.15, 0.2) is 11.6 Å². The number of rotatable bonds is 6. The second kappa shape index (κ2) is 8.93. The topological polar surface area (TPSA) is 57.2 Å². The molecule has 7 heteroatoms. The maximum atomic E-state index is 11.5. The first-order valence-electron chi connectivity index (χ1n) is 10.4. The zero-order valence-electron chi connectivity index (χ0n) is 17.5. The SMILES string of the molecule is CCc1ccc(-c2nc(=S)n(CN3CCN(c4ccc(C(C)=O)cc4)CC3)[nH]2)cc1. The van der Waals surface area contributed by atoms with Crippen molar-refractivity contribution in [1.82, 2.24) is 19.7 Å². The normalized spacial score (nSPS) is 14.8. The number of carbonyl (C=O) groups is 1. The summed E-state index contributed by atoms with van der Waals surface area (Å²) < 4.78 is 2.52. The molecule has 1 aliphatic rings. The van der Waals surface area contributed by atoms with Crippen LogP contribution in [-0.2, 0) is 13.1 Å². The van der Waals surface area contributed by atoms with E-state index in [9.17, 15) is 4.79 Å². The Labute approximate surface area is 182 Å². The van der Waals surface area contributed by atoms with Gasteiger partial charge in [0, 0.05) is 43.0 Å². The predicted molar refractivity (Wildman–Crippen MR) is 122 cm³/mol. The van der Waals surface area contributed by atoms with Crippen LogP contribution in [0.2, 0.25) is 0 Å². The van der Waals surface area contributed by atoms with Crippen LogP contribution in [0.15, 0.2) is 48.5 Å². The van der Waals surface area contributed by atoms with Crippen LogP contribution in [0.25, 0.3) is 11.4 Å². The summed E-state index contributed by atoms with van der Waals surface area (Å²) in [4.78, 5) is 20.7. The summed E-state index contributed by atoms with van der Waals surface area (Å²) in [5.41, 5.74) is 4.28. The predicted octanol–water partition coefficient (Wildman–Crippen LogP) is 4.15. The molecule has 0 bridgehead atoms. The quantitative estimate of drug-likeness (QED) is 0.479. The van der Waals surface area contributed by atoms with Gasteiger partial charge in [-0.05, 0) is 55.4 Å². The lowest BCUT2D eigenvalue weighted by molar-refractivity contribution is 0.101. The van der Waals surface area contributed by atoms with Crippen molar-refractivity contribution in [2.24, 2.45) is 0 Å². The summed E-state index contributed by atoms with van der Waals surface area (Å²) in [6.07, 6.45) is 1.03. The number of carbonyl (C=O) groups excluding carboxylic acids is 1. The van der Waals surface area contributed by atoms with E-state index < -0.39 is 0 Å². The van der Waals surface area contributed by atoms with Crippen LogP contribution in [0, 0.1) is 4.77 Å². The third kappa shape index (κ3) is 4.52. The number of ketones is 1. The Balaban J connectivity index is 1.37. The molecule has 1 aliphatic heterocycles. The number of hydrogen-bond donors (Lipinski definition) is 1. The van der Waals surface area contributed by atoms with E-state index in [1.807, 2.05) is 28.9 Å². The van der Waals surface area contributed by atoms with E-state index >= 15 is 0 Å².